The molecule has 1 aliphatic heterocycles. The molecule has 8 heteroatoms. The average molecular weight is 368 g/mol. The average Bonchev–Trinajstić information content (AvgIpc) is 3.42. The Hall–Kier alpha value is -2.87. The number of carbonyl (C=O) groups is 1. The fraction of sp³-hybridized carbons (Fsp3) is 0.421. The van der Waals surface area contributed by atoms with Gasteiger partial charge in [-0.1, -0.05) is 0 Å². The van der Waals surface area contributed by atoms with Crippen LogP contribution in [0.2, 0.25) is 0 Å². The lowest BCUT2D eigenvalue weighted by Gasteiger charge is -2.33. The highest BCUT2D eigenvalue weighted by Gasteiger charge is 2.25. The van der Waals surface area contributed by atoms with Gasteiger partial charge in [-0.3, -0.25) is 19.1 Å². The number of fused-ring (bicyclic) bond motifs is 1. The van der Waals surface area contributed by atoms with E-state index in [1.54, 1.807) is 12.1 Å². The van der Waals surface area contributed by atoms with Crippen LogP contribution in [0.4, 0.5) is 0 Å². The van der Waals surface area contributed by atoms with Crippen LogP contribution in [0.25, 0.3) is 0 Å². The SMILES string of the molecule is CCn1cc(CN2Cc3ccnn3C(CCNC(=O)c3ccco3)C2)cn1. The molecule has 142 valence electrons. The molecule has 0 saturated carbocycles. The number of nitrogens with one attached hydrogen (secondary N) is 1. The van der Waals surface area contributed by atoms with Gasteiger partial charge < -0.3 is 9.73 Å². The molecule has 27 heavy (non-hydrogen) atoms. The van der Waals surface area contributed by atoms with Crippen LogP contribution in [0.5, 0.6) is 0 Å². The Kier molecular flexibility index (Phi) is 5.06. The van der Waals surface area contributed by atoms with Crippen molar-refractivity contribution in [2.45, 2.75) is 39.0 Å². The van der Waals surface area contributed by atoms with E-state index in [1.165, 1.54) is 17.5 Å². The molecule has 3 aromatic heterocycles. The molecule has 4 rings (SSSR count). The molecule has 0 spiro atoms. The van der Waals surface area contributed by atoms with Gasteiger partial charge in [0.2, 0.25) is 0 Å². The number of amides is 1. The Morgan fingerprint density at radius 1 is 1.37 bits per heavy atom. The molecule has 0 saturated heterocycles. The highest BCUT2D eigenvalue weighted by molar-refractivity contribution is 5.91. The molecule has 1 atom stereocenters. The molecule has 1 unspecified atom stereocenters. The predicted molar refractivity (Wildman–Crippen MR) is 98.9 cm³/mol. The lowest BCUT2D eigenvalue weighted by atomic mass is 10.1. The maximum atomic E-state index is 12.0. The fourth-order valence-electron chi connectivity index (χ4n) is 3.57. The van der Waals surface area contributed by atoms with Crippen molar-refractivity contribution < 1.29 is 9.21 Å². The summed E-state index contributed by atoms with van der Waals surface area (Å²) in [7, 11) is 0. The number of nitrogens with zero attached hydrogens (tertiary/aromatic N) is 5. The van der Waals surface area contributed by atoms with Gasteiger partial charge in [0.15, 0.2) is 5.76 Å². The molecule has 0 aromatic carbocycles. The first-order chi connectivity index (χ1) is 13.2. The Morgan fingerprint density at radius 3 is 3.07 bits per heavy atom. The second-order valence-corrected chi connectivity index (χ2v) is 6.82. The standard InChI is InChI=1S/C19H24N6O2/c1-2-24-12-15(10-22-24)11-23-13-16(25-17(14-23)6-8-21-25)5-7-20-19(26)18-4-3-9-27-18/h3-4,6,8-10,12,16H,2,5,7,11,13-14H2,1H3,(H,20,26). The van der Waals surface area contributed by atoms with Crippen LogP contribution in [0, 0.1) is 0 Å². The van der Waals surface area contributed by atoms with Crippen molar-refractivity contribution >= 4 is 5.91 Å². The van der Waals surface area contributed by atoms with E-state index >= 15 is 0 Å². The highest BCUT2D eigenvalue weighted by atomic mass is 16.3. The minimum absolute atomic E-state index is 0.180. The molecule has 3 aromatic rings. The Labute approximate surface area is 157 Å². The van der Waals surface area contributed by atoms with Crippen molar-refractivity contribution in [3.63, 3.8) is 0 Å². The van der Waals surface area contributed by atoms with E-state index in [0.717, 1.165) is 32.6 Å². The Bertz CT molecular complexity index is 882. The van der Waals surface area contributed by atoms with Crippen molar-refractivity contribution in [2.24, 2.45) is 0 Å². The maximum absolute atomic E-state index is 12.0. The van der Waals surface area contributed by atoms with E-state index < -0.39 is 0 Å². The third-order valence-electron chi connectivity index (χ3n) is 4.88. The number of aryl methyl sites for hydroxylation is 1. The second-order valence-electron chi connectivity index (χ2n) is 6.82. The van der Waals surface area contributed by atoms with Gasteiger partial charge in [0.1, 0.15) is 0 Å². The zero-order chi connectivity index (χ0) is 18.6. The number of furan rings is 1. The van der Waals surface area contributed by atoms with Crippen LogP contribution in [0.15, 0.2) is 47.5 Å². The number of carbonyl (C=O) groups excluding carboxylic acids is 1. The van der Waals surface area contributed by atoms with Gasteiger partial charge in [-0.25, -0.2) is 0 Å². The van der Waals surface area contributed by atoms with Crippen LogP contribution in [0.1, 0.15) is 41.2 Å². The zero-order valence-electron chi connectivity index (χ0n) is 15.4. The predicted octanol–water partition coefficient (Wildman–Crippen LogP) is 2.07. The van der Waals surface area contributed by atoms with Gasteiger partial charge in [-0.05, 0) is 31.5 Å². The van der Waals surface area contributed by atoms with Gasteiger partial charge in [-0.2, -0.15) is 10.2 Å². The molecule has 1 N–H and O–H groups in total. The van der Waals surface area contributed by atoms with Crippen LogP contribution in [-0.4, -0.2) is 43.5 Å². The van der Waals surface area contributed by atoms with E-state index in [4.69, 9.17) is 4.42 Å². The summed E-state index contributed by atoms with van der Waals surface area (Å²) >= 11 is 0. The highest BCUT2D eigenvalue weighted by Crippen LogP contribution is 2.24. The van der Waals surface area contributed by atoms with Gasteiger partial charge in [-0.15, -0.1) is 0 Å². The van der Waals surface area contributed by atoms with Gasteiger partial charge in [0.25, 0.3) is 5.91 Å². The maximum Gasteiger partial charge on any atom is 0.286 e. The summed E-state index contributed by atoms with van der Waals surface area (Å²) in [5.41, 5.74) is 2.42. The molecule has 0 aliphatic carbocycles. The third-order valence-corrected chi connectivity index (χ3v) is 4.88. The molecular weight excluding hydrogens is 344 g/mol. The first kappa shape index (κ1) is 17.5. The van der Waals surface area contributed by atoms with E-state index in [-0.39, 0.29) is 11.9 Å². The summed E-state index contributed by atoms with van der Waals surface area (Å²) in [6.07, 6.45) is 8.21. The minimum atomic E-state index is -0.180. The van der Waals surface area contributed by atoms with Crippen molar-refractivity contribution in [1.29, 1.82) is 0 Å². The summed E-state index contributed by atoms with van der Waals surface area (Å²) in [5, 5.41) is 11.8. The summed E-state index contributed by atoms with van der Waals surface area (Å²) in [4.78, 5) is 14.4. The van der Waals surface area contributed by atoms with Crippen LogP contribution in [0.3, 0.4) is 0 Å². The minimum Gasteiger partial charge on any atom is -0.459 e. The van der Waals surface area contributed by atoms with Crippen molar-refractivity contribution in [2.75, 3.05) is 13.1 Å². The Balaban J connectivity index is 1.37. The van der Waals surface area contributed by atoms with E-state index in [0.29, 0.717) is 12.3 Å². The summed E-state index contributed by atoms with van der Waals surface area (Å²) < 4.78 is 9.17. The smallest absolute Gasteiger partial charge is 0.286 e. The molecule has 1 amide bonds. The number of aromatic nitrogens is 4. The summed E-state index contributed by atoms with van der Waals surface area (Å²) in [6.45, 7) is 6.16. The Morgan fingerprint density at radius 2 is 2.30 bits per heavy atom. The van der Waals surface area contributed by atoms with Crippen LogP contribution >= 0.6 is 0 Å². The number of hydrogen-bond acceptors (Lipinski definition) is 5. The van der Waals surface area contributed by atoms with Gasteiger partial charge >= 0.3 is 0 Å². The number of hydrogen-bond donors (Lipinski definition) is 1. The summed E-state index contributed by atoms with van der Waals surface area (Å²) in [6, 6.07) is 5.67. The van der Waals surface area contributed by atoms with Crippen LogP contribution in [-0.2, 0) is 19.6 Å². The van der Waals surface area contributed by atoms with Crippen molar-refractivity contribution in [3.05, 3.63) is 60.1 Å². The van der Waals surface area contributed by atoms with Gasteiger partial charge in [0.05, 0.1) is 24.2 Å². The monoisotopic (exact) mass is 368 g/mol. The molecule has 1 aliphatic rings. The normalized spacial score (nSPS) is 17.0. The topological polar surface area (TPSA) is 81.1 Å². The molecule has 8 nitrogen and oxygen atoms in total. The molecule has 0 fully saturated rings. The lowest BCUT2D eigenvalue weighted by Crippen LogP contribution is -2.38. The van der Waals surface area contributed by atoms with Gasteiger partial charge in [0, 0.05) is 50.7 Å². The lowest BCUT2D eigenvalue weighted by molar-refractivity contribution is 0.0919. The number of rotatable bonds is 7. The van der Waals surface area contributed by atoms with Crippen molar-refractivity contribution in [1.82, 2.24) is 29.8 Å². The first-order valence-corrected chi connectivity index (χ1v) is 9.30. The largest absolute Gasteiger partial charge is 0.459 e. The summed E-state index contributed by atoms with van der Waals surface area (Å²) in [5.74, 6) is 0.160. The van der Waals surface area contributed by atoms with Crippen LogP contribution < -0.4 is 5.32 Å². The molecular formula is C19H24N6O2. The second kappa shape index (κ2) is 7.79. The third kappa shape index (κ3) is 3.95. The molecule has 0 bridgehead atoms. The van der Waals surface area contributed by atoms with Crippen molar-refractivity contribution in [3.8, 4) is 0 Å². The molecule has 4 heterocycles. The zero-order valence-corrected chi connectivity index (χ0v) is 15.4. The molecule has 0 radical (unpaired) electrons. The quantitative estimate of drug-likeness (QED) is 0.690. The van der Waals surface area contributed by atoms with E-state index in [1.807, 2.05) is 17.1 Å². The fourth-order valence-corrected chi connectivity index (χ4v) is 3.57. The van der Waals surface area contributed by atoms with E-state index in [2.05, 4.69) is 44.3 Å². The van der Waals surface area contributed by atoms with E-state index in [9.17, 15) is 4.79 Å². The first-order valence-electron chi connectivity index (χ1n) is 9.30.